The fourth-order valence-corrected chi connectivity index (χ4v) is 2.94. The predicted octanol–water partition coefficient (Wildman–Crippen LogP) is 2.39. The van der Waals surface area contributed by atoms with Crippen LogP contribution in [0.1, 0.15) is 51.2 Å². The van der Waals surface area contributed by atoms with Crippen LogP contribution >= 0.6 is 24.0 Å². The molecule has 1 aliphatic rings. The van der Waals surface area contributed by atoms with Gasteiger partial charge in [0.1, 0.15) is 11.6 Å². The molecule has 26 heavy (non-hydrogen) atoms. The van der Waals surface area contributed by atoms with E-state index in [0.717, 1.165) is 69.7 Å². The summed E-state index contributed by atoms with van der Waals surface area (Å²) in [6.07, 6.45) is 6.65. The van der Waals surface area contributed by atoms with Crippen molar-refractivity contribution in [2.75, 3.05) is 33.4 Å². The van der Waals surface area contributed by atoms with E-state index in [1.807, 2.05) is 0 Å². The van der Waals surface area contributed by atoms with Gasteiger partial charge in [-0.05, 0) is 25.2 Å². The first-order valence-corrected chi connectivity index (χ1v) is 9.64. The first kappa shape index (κ1) is 23.1. The third kappa shape index (κ3) is 8.20. The van der Waals surface area contributed by atoms with Gasteiger partial charge in [0, 0.05) is 52.7 Å². The molecule has 2 heterocycles. The first-order chi connectivity index (χ1) is 12.2. The molecule has 1 aromatic heterocycles. The highest BCUT2D eigenvalue weighted by Gasteiger charge is 2.14. The van der Waals surface area contributed by atoms with Crippen LogP contribution in [0, 0.1) is 5.92 Å². The van der Waals surface area contributed by atoms with Gasteiger partial charge in [0.25, 0.3) is 0 Å². The molecule has 0 radical (unpaired) electrons. The van der Waals surface area contributed by atoms with E-state index < -0.39 is 0 Å². The summed E-state index contributed by atoms with van der Waals surface area (Å²) in [6.45, 7) is 8.67. The van der Waals surface area contributed by atoms with Crippen molar-refractivity contribution in [1.82, 2.24) is 25.4 Å². The number of hydrogen-bond donors (Lipinski definition) is 2. The molecule has 0 saturated carbocycles. The zero-order valence-corrected chi connectivity index (χ0v) is 18.8. The molecule has 0 fully saturated rings. The number of guanidine groups is 1. The number of ether oxygens (including phenoxy) is 1. The lowest BCUT2D eigenvalue weighted by atomic mass is 10.2. The summed E-state index contributed by atoms with van der Waals surface area (Å²) in [4.78, 5) is 4.27. The van der Waals surface area contributed by atoms with Gasteiger partial charge >= 0.3 is 0 Å². The highest BCUT2D eigenvalue weighted by molar-refractivity contribution is 14.0. The lowest BCUT2D eigenvalue weighted by Gasteiger charge is -2.12. The lowest BCUT2D eigenvalue weighted by molar-refractivity contribution is 0.108. The number of fused-ring (bicyclic) bond motifs is 1. The van der Waals surface area contributed by atoms with Crippen molar-refractivity contribution in [3.8, 4) is 0 Å². The number of nitrogens with one attached hydrogen (secondary N) is 2. The lowest BCUT2D eigenvalue weighted by Crippen LogP contribution is -2.39. The molecule has 0 aliphatic carbocycles. The summed E-state index contributed by atoms with van der Waals surface area (Å²) >= 11 is 0. The number of hydrogen-bond acceptors (Lipinski definition) is 4. The number of aromatic nitrogens is 3. The van der Waals surface area contributed by atoms with Crippen molar-refractivity contribution in [3.05, 3.63) is 11.6 Å². The standard InChI is InChI=1S/C18H34N6O.HI/c1-15(2)14-25-13-7-10-20-18(19-3)21-11-9-17-23-22-16-8-5-4-6-12-24(16)17;/h15H,4-14H2,1-3H3,(H2,19,20,21);1H. The highest BCUT2D eigenvalue weighted by atomic mass is 127. The van der Waals surface area contributed by atoms with Crippen molar-refractivity contribution < 1.29 is 4.74 Å². The van der Waals surface area contributed by atoms with E-state index in [1.54, 1.807) is 7.05 Å². The molecular weight excluding hydrogens is 443 g/mol. The highest BCUT2D eigenvalue weighted by Crippen LogP contribution is 2.14. The van der Waals surface area contributed by atoms with Crippen molar-refractivity contribution >= 4 is 29.9 Å². The number of rotatable bonds is 9. The Kier molecular flexibility index (Phi) is 11.8. The Hall–Kier alpha value is -0.900. The van der Waals surface area contributed by atoms with Gasteiger partial charge in [-0.25, -0.2) is 0 Å². The SMILES string of the molecule is CN=C(NCCCOCC(C)C)NCCc1nnc2n1CCCCC2.I. The third-order valence-electron chi connectivity index (χ3n) is 4.26. The molecule has 0 unspecified atom stereocenters. The van der Waals surface area contributed by atoms with Crippen molar-refractivity contribution in [2.45, 2.75) is 58.9 Å². The molecule has 150 valence electrons. The quantitative estimate of drug-likeness (QED) is 0.247. The summed E-state index contributed by atoms with van der Waals surface area (Å²) < 4.78 is 7.89. The van der Waals surface area contributed by atoms with Gasteiger partial charge in [-0.3, -0.25) is 4.99 Å². The minimum Gasteiger partial charge on any atom is -0.381 e. The van der Waals surface area contributed by atoms with E-state index in [9.17, 15) is 0 Å². The first-order valence-electron chi connectivity index (χ1n) is 9.64. The maximum absolute atomic E-state index is 5.59. The molecule has 0 amide bonds. The molecule has 0 saturated heterocycles. The van der Waals surface area contributed by atoms with Crippen LogP contribution in [0.15, 0.2) is 4.99 Å². The van der Waals surface area contributed by atoms with E-state index >= 15 is 0 Å². The van der Waals surface area contributed by atoms with Gasteiger partial charge in [0.05, 0.1) is 0 Å². The van der Waals surface area contributed by atoms with Crippen LogP contribution in [0.5, 0.6) is 0 Å². The largest absolute Gasteiger partial charge is 0.381 e. The van der Waals surface area contributed by atoms with Crippen molar-refractivity contribution in [2.24, 2.45) is 10.9 Å². The molecule has 1 aliphatic heterocycles. The van der Waals surface area contributed by atoms with Gasteiger partial charge in [-0.2, -0.15) is 0 Å². The van der Waals surface area contributed by atoms with Gasteiger partial charge in [0.15, 0.2) is 5.96 Å². The Labute approximate surface area is 174 Å². The Morgan fingerprint density at radius 1 is 1.19 bits per heavy atom. The van der Waals surface area contributed by atoms with E-state index in [-0.39, 0.29) is 24.0 Å². The Morgan fingerprint density at radius 2 is 2.00 bits per heavy atom. The van der Waals surface area contributed by atoms with Crippen LogP contribution in [0.4, 0.5) is 0 Å². The molecule has 0 atom stereocenters. The molecule has 0 bridgehead atoms. The Bertz CT molecular complexity index is 532. The van der Waals surface area contributed by atoms with E-state index in [2.05, 4.69) is 44.2 Å². The van der Waals surface area contributed by atoms with Crippen LogP contribution < -0.4 is 10.6 Å². The monoisotopic (exact) mass is 478 g/mol. The van der Waals surface area contributed by atoms with Crippen LogP contribution in [0.2, 0.25) is 0 Å². The second kappa shape index (κ2) is 13.3. The molecule has 2 rings (SSSR count). The Morgan fingerprint density at radius 3 is 2.77 bits per heavy atom. The van der Waals surface area contributed by atoms with E-state index in [0.29, 0.717) is 5.92 Å². The summed E-state index contributed by atoms with van der Waals surface area (Å²) in [5.41, 5.74) is 0. The van der Waals surface area contributed by atoms with Crippen molar-refractivity contribution in [1.29, 1.82) is 0 Å². The normalized spacial score (nSPS) is 14.5. The molecular formula is C18H35IN6O. The number of aryl methyl sites for hydroxylation is 1. The molecule has 2 N–H and O–H groups in total. The Balaban J connectivity index is 0.00000338. The second-order valence-electron chi connectivity index (χ2n) is 6.99. The fraction of sp³-hybridized carbons (Fsp3) is 0.833. The topological polar surface area (TPSA) is 76.4 Å². The summed E-state index contributed by atoms with van der Waals surface area (Å²) in [6, 6.07) is 0. The second-order valence-corrected chi connectivity index (χ2v) is 6.99. The molecule has 0 spiro atoms. The maximum atomic E-state index is 5.59. The van der Waals surface area contributed by atoms with Gasteiger partial charge in [-0.1, -0.05) is 20.3 Å². The number of halogens is 1. The smallest absolute Gasteiger partial charge is 0.190 e. The van der Waals surface area contributed by atoms with Crippen LogP contribution in [-0.4, -0.2) is 54.1 Å². The zero-order valence-electron chi connectivity index (χ0n) is 16.5. The van der Waals surface area contributed by atoms with Crippen LogP contribution in [-0.2, 0) is 24.1 Å². The minimum absolute atomic E-state index is 0. The fourth-order valence-electron chi connectivity index (χ4n) is 2.94. The predicted molar refractivity (Wildman–Crippen MR) is 116 cm³/mol. The van der Waals surface area contributed by atoms with E-state index in [4.69, 9.17) is 4.74 Å². The molecule has 8 heteroatoms. The molecule has 7 nitrogen and oxygen atoms in total. The van der Waals surface area contributed by atoms with Gasteiger partial charge in [0.2, 0.25) is 0 Å². The zero-order chi connectivity index (χ0) is 17.9. The summed E-state index contributed by atoms with van der Waals surface area (Å²) in [5.74, 6) is 3.66. The average molecular weight is 478 g/mol. The van der Waals surface area contributed by atoms with Gasteiger partial charge in [-0.15, -0.1) is 34.2 Å². The average Bonchev–Trinajstić information content (AvgIpc) is 2.82. The van der Waals surface area contributed by atoms with Crippen molar-refractivity contribution in [3.63, 3.8) is 0 Å². The third-order valence-corrected chi connectivity index (χ3v) is 4.26. The number of nitrogens with zero attached hydrogens (tertiary/aromatic N) is 4. The molecule has 0 aromatic carbocycles. The van der Waals surface area contributed by atoms with Crippen LogP contribution in [0.3, 0.4) is 0 Å². The summed E-state index contributed by atoms with van der Waals surface area (Å²) in [5, 5.41) is 15.4. The van der Waals surface area contributed by atoms with Crippen LogP contribution in [0.25, 0.3) is 0 Å². The van der Waals surface area contributed by atoms with Gasteiger partial charge < -0.3 is 19.9 Å². The summed E-state index contributed by atoms with van der Waals surface area (Å²) in [7, 11) is 1.80. The maximum Gasteiger partial charge on any atom is 0.190 e. The molecule has 1 aromatic rings. The van der Waals surface area contributed by atoms with E-state index in [1.165, 1.54) is 19.3 Å². The number of aliphatic imine (C=N–C) groups is 1. The minimum atomic E-state index is 0.